The van der Waals surface area contributed by atoms with Crippen molar-refractivity contribution in [3.8, 4) is 6.07 Å². The van der Waals surface area contributed by atoms with E-state index in [1.165, 1.54) is 6.42 Å². The van der Waals surface area contributed by atoms with E-state index in [4.69, 9.17) is 4.74 Å². The first-order valence-corrected chi connectivity index (χ1v) is 9.31. The molecule has 25 heavy (non-hydrogen) atoms. The number of amides is 2. The van der Waals surface area contributed by atoms with Crippen LogP contribution < -0.4 is 5.32 Å². The first-order valence-electron chi connectivity index (χ1n) is 9.31. The molecular formula is C20H27N3O2. The smallest absolute Gasteiger partial charge is 0.317 e. The maximum absolute atomic E-state index is 12.4. The van der Waals surface area contributed by atoms with Crippen LogP contribution in [0.3, 0.4) is 0 Å². The normalized spacial score (nSPS) is 22.8. The molecular weight excluding hydrogens is 314 g/mol. The highest BCUT2D eigenvalue weighted by Crippen LogP contribution is 2.34. The van der Waals surface area contributed by atoms with Crippen LogP contribution in [0.4, 0.5) is 4.79 Å². The second-order valence-electron chi connectivity index (χ2n) is 7.15. The largest absolute Gasteiger partial charge is 0.381 e. The van der Waals surface area contributed by atoms with Crippen molar-refractivity contribution < 1.29 is 9.53 Å². The molecule has 0 bridgehead atoms. The van der Waals surface area contributed by atoms with Gasteiger partial charge in [0.15, 0.2) is 0 Å². The molecule has 2 heterocycles. The molecule has 5 heteroatoms. The third kappa shape index (κ3) is 4.32. The van der Waals surface area contributed by atoms with Gasteiger partial charge in [-0.3, -0.25) is 0 Å². The van der Waals surface area contributed by atoms with Gasteiger partial charge in [-0.05, 0) is 43.6 Å². The van der Waals surface area contributed by atoms with E-state index in [9.17, 15) is 10.1 Å². The van der Waals surface area contributed by atoms with E-state index in [1.54, 1.807) is 0 Å². The van der Waals surface area contributed by atoms with Crippen molar-refractivity contribution in [1.82, 2.24) is 10.2 Å². The van der Waals surface area contributed by atoms with Crippen molar-refractivity contribution in [2.24, 2.45) is 5.92 Å². The average molecular weight is 341 g/mol. The van der Waals surface area contributed by atoms with Crippen molar-refractivity contribution >= 4 is 6.03 Å². The molecule has 0 aromatic heterocycles. The van der Waals surface area contributed by atoms with Gasteiger partial charge >= 0.3 is 6.03 Å². The third-order valence-corrected chi connectivity index (χ3v) is 5.53. The van der Waals surface area contributed by atoms with E-state index in [2.05, 4.69) is 11.4 Å². The fraction of sp³-hybridized carbons (Fsp3) is 0.600. The van der Waals surface area contributed by atoms with Crippen LogP contribution in [-0.2, 0) is 10.2 Å². The number of hydrogen-bond acceptors (Lipinski definition) is 3. The summed E-state index contributed by atoms with van der Waals surface area (Å²) in [6.07, 6.45) is 4.68. The lowest BCUT2D eigenvalue weighted by Crippen LogP contribution is -2.48. The van der Waals surface area contributed by atoms with Gasteiger partial charge in [0.2, 0.25) is 0 Å². The Kier molecular flexibility index (Phi) is 5.93. The number of nitrogens with zero attached hydrogens (tertiary/aromatic N) is 2. The van der Waals surface area contributed by atoms with E-state index in [0.29, 0.717) is 38.4 Å². The van der Waals surface area contributed by atoms with Crippen LogP contribution in [0, 0.1) is 17.2 Å². The van der Waals surface area contributed by atoms with Crippen LogP contribution >= 0.6 is 0 Å². The molecule has 1 N–H and O–H groups in total. The molecule has 1 atom stereocenters. The lowest BCUT2D eigenvalue weighted by molar-refractivity contribution is 0.0518. The summed E-state index contributed by atoms with van der Waals surface area (Å²) in [4.78, 5) is 14.2. The highest BCUT2D eigenvalue weighted by atomic mass is 16.5. The number of urea groups is 1. The Morgan fingerprint density at radius 3 is 2.72 bits per heavy atom. The van der Waals surface area contributed by atoms with Crippen LogP contribution in [0.2, 0.25) is 0 Å². The predicted molar refractivity (Wildman–Crippen MR) is 96.1 cm³/mol. The fourth-order valence-corrected chi connectivity index (χ4v) is 3.84. The first kappa shape index (κ1) is 17.8. The minimum absolute atomic E-state index is 0.00340. The van der Waals surface area contributed by atoms with Crippen LogP contribution in [0.25, 0.3) is 0 Å². The zero-order chi connectivity index (χ0) is 17.5. The molecule has 0 unspecified atom stereocenters. The number of carbonyl (C=O) groups excluding carboxylic acids is 1. The van der Waals surface area contributed by atoms with Crippen molar-refractivity contribution in [2.75, 3.05) is 32.8 Å². The number of rotatable bonds is 4. The molecule has 134 valence electrons. The summed E-state index contributed by atoms with van der Waals surface area (Å²) >= 11 is 0. The number of likely N-dealkylation sites (tertiary alicyclic amines) is 1. The molecule has 1 aromatic carbocycles. The van der Waals surface area contributed by atoms with E-state index >= 15 is 0 Å². The van der Waals surface area contributed by atoms with Gasteiger partial charge < -0.3 is 15.0 Å². The molecule has 3 rings (SSSR count). The molecule has 2 saturated heterocycles. The average Bonchev–Trinajstić information content (AvgIpc) is 2.69. The SMILES string of the molecule is N#CC1(c2ccccc2)CCN(C(=O)NCC[C@@H]2CCCOC2)CC1. The van der Waals surface area contributed by atoms with Crippen LogP contribution in [0.5, 0.6) is 0 Å². The summed E-state index contributed by atoms with van der Waals surface area (Å²) < 4.78 is 5.48. The van der Waals surface area contributed by atoms with Crippen molar-refractivity contribution in [2.45, 2.75) is 37.5 Å². The lowest BCUT2D eigenvalue weighted by atomic mass is 9.74. The predicted octanol–water partition coefficient (Wildman–Crippen LogP) is 3.07. The van der Waals surface area contributed by atoms with E-state index in [-0.39, 0.29) is 6.03 Å². The number of benzene rings is 1. The number of nitrogens with one attached hydrogen (secondary N) is 1. The zero-order valence-electron chi connectivity index (χ0n) is 14.7. The summed E-state index contributed by atoms with van der Waals surface area (Å²) in [5.74, 6) is 0.569. The molecule has 2 fully saturated rings. The molecule has 5 nitrogen and oxygen atoms in total. The van der Waals surface area contributed by atoms with Gasteiger partial charge in [-0.1, -0.05) is 30.3 Å². The monoisotopic (exact) mass is 341 g/mol. The number of nitriles is 1. The fourth-order valence-electron chi connectivity index (χ4n) is 3.84. The molecule has 2 aliphatic rings. The van der Waals surface area contributed by atoms with E-state index < -0.39 is 5.41 Å². The Balaban J connectivity index is 1.46. The van der Waals surface area contributed by atoms with Gasteiger partial charge in [0.05, 0.1) is 11.5 Å². The van der Waals surface area contributed by atoms with Crippen LogP contribution in [-0.4, -0.2) is 43.8 Å². The van der Waals surface area contributed by atoms with Crippen molar-refractivity contribution in [1.29, 1.82) is 5.26 Å². The summed E-state index contributed by atoms with van der Waals surface area (Å²) in [6.45, 7) is 3.65. The minimum atomic E-state index is -0.461. The number of hydrogen-bond donors (Lipinski definition) is 1. The third-order valence-electron chi connectivity index (χ3n) is 5.53. The van der Waals surface area contributed by atoms with Crippen LogP contribution in [0.15, 0.2) is 30.3 Å². The summed E-state index contributed by atoms with van der Waals surface area (Å²) in [5.41, 5.74) is 0.604. The molecule has 0 spiro atoms. The van der Waals surface area contributed by atoms with Gasteiger partial charge in [0.25, 0.3) is 0 Å². The molecule has 2 aliphatic heterocycles. The number of carbonyl (C=O) groups is 1. The Bertz CT molecular complexity index is 597. The highest BCUT2D eigenvalue weighted by Gasteiger charge is 2.37. The number of piperidine rings is 1. The molecule has 0 aliphatic carbocycles. The maximum Gasteiger partial charge on any atom is 0.317 e. The Morgan fingerprint density at radius 2 is 2.08 bits per heavy atom. The van der Waals surface area contributed by atoms with Gasteiger partial charge in [0.1, 0.15) is 0 Å². The molecule has 0 radical (unpaired) electrons. The van der Waals surface area contributed by atoms with Gasteiger partial charge in [-0.25, -0.2) is 4.79 Å². The van der Waals surface area contributed by atoms with Crippen molar-refractivity contribution in [3.63, 3.8) is 0 Å². The van der Waals surface area contributed by atoms with Crippen molar-refractivity contribution in [3.05, 3.63) is 35.9 Å². The Labute approximate surface area is 150 Å². The molecule has 2 amide bonds. The van der Waals surface area contributed by atoms with E-state index in [1.807, 2.05) is 35.2 Å². The summed E-state index contributed by atoms with van der Waals surface area (Å²) in [5, 5.41) is 12.8. The highest BCUT2D eigenvalue weighted by molar-refractivity contribution is 5.74. The van der Waals surface area contributed by atoms with Gasteiger partial charge in [-0.15, -0.1) is 0 Å². The summed E-state index contributed by atoms with van der Waals surface area (Å²) in [6, 6.07) is 12.5. The first-order chi connectivity index (χ1) is 12.2. The second-order valence-corrected chi connectivity index (χ2v) is 7.15. The quantitative estimate of drug-likeness (QED) is 0.915. The number of ether oxygens (including phenoxy) is 1. The second kappa shape index (κ2) is 8.35. The minimum Gasteiger partial charge on any atom is -0.381 e. The zero-order valence-corrected chi connectivity index (χ0v) is 14.7. The maximum atomic E-state index is 12.4. The Hall–Kier alpha value is -2.06. The van der Waals surface area contributed by atoms with Gasteiger partial charge in [0, 0.05) is 32.8 Å². The molecule has 1 aromatic rings. The van der Waals surface area contributed by atoms with Crippen LogP contribution in [0.1, 0.15) is 37.7 Å². The topological polar surface area (TPSA) is 65.4 Å². The standard InChI is InChI=1S/C20H27N3O2/c21-16-20(18-6-2-1-3-7-18)9-12-23(13-10-20)19(24)22-11-8-17-5-4-14-25-15-17/h1-3,6-7,17H,4-5,8-15H2,(H,22,24)/t17-/m0/s1. The Morgan fingerprint density at radius 1 is 1.32 bits per heavy atom. The van der Waals surface area contributed by atoms with Gasteiger partial charge in [-0.2, -0.15) is 5.26 Å². The molecule has 0 saturated carbocycles. The summed E-state index contributed by atoms with van der Waals surface area (Å²) in [7, 11) is 0. The van der Waals surface area contributed by atoms with E-state index in [0.717, 1.165) is 31.6 Å². The lowest BCUT2D eigenvalue weighted by Gasteiger charge is -2.37.